The molecule has 3 nitrogen and oxygen atoms in total. The highest BCUT2D eigenvalue weighted by Crippen LogP contribution is 2.20. The van der Waals surface area contributed by atoms with Crippen LogP contribution in [-0.2, 0) is 20.0 Å². The summed E-state index contributed by atoms with van der Waals surface area (Å²) in [6.07, 6.45) is 4.92. The van der Waals surface area contributed by atoms with Crippen molar-refractivity contribution in [2.45, 2.75) is 13.0 Å². The van der Waals surface area contributed by atoms with Crippen LogP contribution < -0.4 is 5.32 Å². The normalized spacial score (nSPS) is 10.8. The van der Waals surface area contributed by atoms with E-state index in [9.17, 15) is 0 Å². The first-order valence-corrected chi connectivity index (χ1v) is 6.94. The lowest BCUT2D eigenvalue weighted by molar-refractivity contribution is 0.684. The van der Waals surface area contributed by atoms with Gasteiger partial charge in [0.05, 0.1) is 6.20 Å². The van der Waals surface area contributed by atoms with Crippen LogP contribution >= 0.6 is 27.5 Å². The second-order valence-electron chi connectivity index (χ2n) is 4.18. The summed E-state index contributed by atoms with van der Waals surface area (Å²) < 4.78 is 2.91. The Morgan fingerprint density at radius 2 is 2.28 bits per heavy atom. The number of aryl methyl sites for hydroxylation is 1. The van der Waals surface area contributed by atoms with Gasteiger partial charge in [-0.3, -0.25) is 4.68 Å². The lowest BCUT2D eigenvalue weighted by Gasteiger charge is -2.06. The first kappa shape index (κ1) is 13.6. The Morgan fingerprint density at radius 3 is 3.00 bits per heavy atom. The second-order valence-corrected chi connectivity index (χ2v) is 5.48. The van der Waals surface area contributed by atoms with Crippen molar-refractivity contribution in [1.82, 2.24) is 15.1 Å². The summed E-state index contributed by atoms with van der Waals surface area (Å²) in [6, 6.07) is 5.83. The molecule has 0 aliphatic carbocycles. The molecule has 0 aliphatic rings. The molecule has 0 aliphatic heterocycles. The molecule has 0 saturated carbocycles. The number of hydrogen-bond donors (Lipinski definition) is 1. The quantitative estimate of drug-likeness (QED) is 0.854. The van der Waals surface area contributed by atoms with Crippen LogP contribution in [0.5, 0.6) is 0 Å². The van der Waals surface area contributed by atoms with E-state index in [1.54, 1.807) is 0 Å². The third-order valence-corrected chi connectivity index (χ3v) is 3.68. The molecule has 5 heteroatoms. The number of nitrogens with one attached hydrogen (secondary N) is 1. The van der Waals surface area contributed by atoms with Crippen molar-refractivity contribution in [3.63, 3.8) is 0 Å². The number of hydrogen-bond acceptors (Lipinski definition) is 2. The molecule has 96 valence electrons. The predicted molar refractivity (Wildman–Crippen MR) is 77.8 cm³/mol. The van der Waals surface area contributed by atoms with Gasteiger partial charge in [0.2, 0.25) is 0 Å². The average molecular weight is 329 g/mol. The Hall–Kier alpha value is -0.840. The summed E-state index contributed by atoms with van der Waals surface area (Å²) in [6.45, 7) is 1.73. The molecule has 0 spiro atoms. The number of benzene rings is 1. The molecule has 0 saturated heterocycles. The molecule has 0 bridgehead atoms. The monoisotopic (exact) mass is 327 g/mol. The Morgan fingerprint density at radius 1 is 1.44 bits per heavy atom. The first-order valence-electron chi connectivity index (χ1n) is 5.77. The van der Waals surface area contributed by atoms with Gasteiger partial charge in [-0.15, -0.1) is 0 Å². The predicted octanol–water partition coefficient (Wildman–Crippen LogP) is 3.17. The van der Waals surface area contributed by atoms with Crippen LogP contribution in [0.25, 0.3) is 0 Å². The summed E-state index contributed by atoms with van der Waals surface area (Å²) in [7, 11) is 1.93. The molecule has 1 N–H and O–H groups in total. The van der Waals surface area contributed by atoms with Gasteiger partial charge in [-0.25, -0.2) is 0 Å². The molecule has 1 heterocycles. The minimum Gasteiger partial charge on any atom is -0.312 e. The van der Waals surface area contributed by atoms with E-state index < -0.39 is 0 Å². The molecular formula is C13H15BrClN3. The molecule has 2 aromatic rings. The van der Waals surface area contributed by atoms with Gasteiger partial charge >= 0.3 is 0 Å². The Balaban J connectivity index is 1.80. The summed E-state index contributed by atoms with van der Waals surface area (Å²) in [5.41, 5.74) is 2.42. The van der Waals surface area contributed by atoms with E-state index in [1.165, 1.54) is 11.1 Å². The highest BCUT2D eigenvalue weighted by Gasteiger charge is 2.01. The standard InChI is InChI=1S/C13H15BrClN3/c1-18-9-10(7-17-18)4-5-16-8-11-6-12(15)2-3-13(11)14/h2-3,6-7,9,16H,4-5,8H2,1H3. The molecular weight excluding hydrogens is 314 g/mol. The maximum atomic E-state index is 5.97. The van der Waals surface area contributed by atoms with Gasteiger partial charge in [0.15, 0.2) is 0 Å². The summed E-state index contributed by atoms with van der Waals surface area (Å²) in [5, 5.41) is 8.31. The lowest BCUT2D eigenvalue weighted by Crippen LogP contribution is -2.16. The number of aromatic nitrogens is 2. The highest BCUT2D eigenvalue weighted by molar-refractivity contribution is 9.10. The van der Waals surface area contributed by atoms with E-state index in [4.69, 9.17) is 11.6 Å². The van der Waals surface area contributed by atoms with Gasteiger partial charge < -0.3 is 5.32 Å². The van der Waals surface area contributed by atoms with Crippen molar-refractivity contribution in [3.8, 4) is 0 Å². The maximum Gasteiger partial charge on any atom is 0.0522 e. The number of halogens is 2. The van der Waals surface area contributed by atoms with Crippen LogP contribution in [0.3, 0.4) is 0 Å². The molecule has 0 radical (unpaired) electrons. The molecule has 0 amide bonds. The van der Waals surface area contributed by atoms with Gasteiger partial charge in [0.1, 0.15) is 0 Å². The number of rotatable bonds is 5. The Labute approximate surface area is 120 Å². The zero-order valence-electron chi connectivity index (χ0n) is 10.2. The second kappa shape index (κ2) is 6.36. The first-order chi connectivity index (χ1) is 8.65. The van der Waals surface area contributed by atoms with Gasteiger partial charge in [-0.2, -0.15) is 5.10 Å². The molecule has 1 aromatic carbocycles. The van der Waals surface area contributed by atoms with Crippen LogP contribution in [0.2, 0.25) is 5.02 Å². The fourth-order valence-electron chi connectivity index (χ4n) is 1.74. The fourth-order valence-corrected chi connectivity index (χ4v) is 2.32. The van der Waals surface area contributed by atoms with Gasteiger partial charge in [-0.1, -0.05) is 27.5 Å². The van der Waals surface area contributed by atoms with Crippen LogP contribution in [0.15, 0.2) is 35.1 Å². The smallest absolute Gasteiger partial charge is 0.0522 e. The molecule has 0 unspecified atom stereocenters. The van der Waals surface area contributed by atoms with Crippen LogP contribution in [0, 0.1) is 0 Å². The highest BCUT2D eigenvalue weighted by atomic mass is 79.9. The summed E-state index contributed by atoms with van der Waals surface area (Å²) in [5.74, 6) is 0. The lowest BCUT2D eigenvalue weighted by atomic mass is 10.2. The Bertz CT molecular complexity index is 525. The summed E-state index contributed by atoms with van der Waals surface area (Å²) >= 11 is 9.49. The van der Waals surface area contributed by atoms with Crippen molar-refractivity contribution in [2.75, 3.05) is 6.54 Å². The van der Waals surface area contributed by atoms with Crippen molar-refractivity contribution >= 4 is 27.5 Å². The fraction of sp³-hybridized carbons (Fsp3) is 0.308. The largest absolute Gasteiger partial charge is 0.312 e. The maximum absolute atomic E-state index is 5.97. The van der Waals surface area contributed by atoms with Crippen molar-refractivity contribution in [1.29, 1.82) is 0 Å². The van der Waals surface area contributed by atoms with Gasteiger partial charge in [0.25, 0.3) is 0 Å². The minimum atomic E-state index is 0.766. The van der Waals surface area contributed by atoms with E-state index in [2.05, 4.69) is 26.3 Å². The van der Waals surface area contributed by atoms with Crippen molar-refractivity contribution < 1.29 is 0 Å². The zero-order valence-corrected chi connectivity index (χ0v) is 12.5. The van der Waals surface area contributed by atoms with E-state index in [0.29, 0.717) is 0 Å². The summed E-state index contributed by atoms with van der Waals surface area (Å²) in [4.78, 5) is 0. The van der Waals surface area contributed by atoms with Crippen LogP contribution in [0.4, 0.5) is 0 Å². The van der Waals surface area contributed by atoms with E-state index in [-0.39, 0.29) is 0 Å². The third kappa shape index (κ3) is 3.83. The van der Waals surface area contributed by atoms with Gasteiger partial charge in [0, 0.05) is 29.3 Å². The SMILES string of the molecule is Cn1cc(CCNCc2cc(Cl)ccc2Br)cn1. The van der Waals surface area contributed by atoms with Crippen LogP contribution in [-0.4, -0.2) is 16.3 Å². The molecule has 2 rings (SSSR count). The van der Waals surface area contributed by atoms with Crippen LogP contribution in [0.1, 0.15) is 11.1 Å². The van der Waals surface area contributed by atoms with E-state index >= 15 is 0 Å². The third-order valence-electron chi connectivity index (χ3n) is 2.67. The Kier molecular flexibility index (Phi) is 4.80. The van der Waals surface area contributed by atoms with E-state index in [0.717, 1.165) is 29.0 Å². The minimum absolute atomic E-state index is 0.766. The van der Waals surface area contributed by atoms with E-state index in [1.807, 2.05) is 42.3 Å². The number of nitrogens with zero attached hydrogens (tertiary/aromatic N) is 2. The van der Waals surface area contributed by atoms with Gasteiger partial charge in [-0.05, 0) is 42.3 Å². The molecule has 18 heavy (non-hydrogen) atoms. The molecule has 0 fully saturated rings. The molecule has 1 aromatic heterocycles. The zero-order chi connectivity index (χ0) is 13.0. The van der Waals surface area contributed by atoms with Crippen molar-refractivity contribution in [3.05, 3.63) is 51.2 Å². The van der Waals surface area contributed by atoms with Crippen molar-refractivity contribution in [2.24, 2.45) is 7.05 Å². The molecule has 0 atom stereocenters. The average Bonchev–Trinajstić information content (AvgIpc) is 2.75. The topological polar surface area (TPSA) is 29.9 Å².